The summed E-state index contributed by atoms with van der Waals surface area (Å²) in [6.45, 7) is 3.60. The van der Waals surface area contributed by atoms with E-state index in [1.54, 1.807) is 4.90 Å². The van der Waals surface area contributed by atoms with Gasteiger partial charge in [-0.1, -0.05) is 30.2 Å². The molecule has 2 fully saturated rings. The van der Waals surface area contributed by atoms with Gasteiger partial charge in [-0.3, -0.25) is 4.79 Å². The van der Waals surface area contributed by atoms with Gasteiger partial charge in [-0.15, -0.1) is 10.2 Å². The molecule has 0 saturated heterocycles. The number of anilines is 1. The van der Waals surface area contributed by atoms with Gasteiger partial charge >= 0.3 is 0 Å². The highest BCUT2D eigenvalue weighted by molar-refractivity contribution is 6.32. The molecule has 194 valence electrons. The lowest BCUT2D eigenvalue weighted by Gasteiger charge is -2.28. The second kappa shape index (κ2) is 9.84. The summed E-state index contributed by atoms with van der Waals surface area (Å²) in [5.74, 6) is 2.59. The number of nitrogens with one attached hydrogen (secondary N) is 1. The molecule has 6 rings (SSSR count). The minimum absolute atomic E-state index is 0.0196. The molecule has 6 nitrogen and oxygen atoms in total. The van der Waals surface area contributed by atoms with Crippen LogP contribution in [0, 0.1) is 5.92 Å². The molecule has 1 aliphatic heterocycles. The van der Waals surface area contributed by atoms with E-state index in [2.05, 4.69) is 22.4 Å². The summed E-state index contributed by atoms with van der Waals surface area (Å²) in [5, 5.41) is 13.0. The molecule has 2 saturated carbocycles. The largest absolute Gasteiger partial charge is 0.318 e. The molecular weight excluding hydrogens is 489 g/mol. The Kier molecular flexibility index (Phi) is 6.53. The molecule has 2 aliphatic carbocycles. The van der Waals surface area contributed by atoms with Gasteiger partial charge in [-0.2, -0.15) is 0 Å². The minimum Gasteiger partial charge on any atom is -0.318 e. The molecule has 0 bridgehead atoms. The van der Waals surface area contributed by atoms with Crippen LogP contribution in [0.3, 0.4) is 0 Å². The maximum Gasteiger partial charge on any atom is 0.258 e. The van der Waals surface area contributed by atoms with Gasteiger partial charge < -0.3 is 14.8 Å². The number of carbonyl (C=O) groups is 1. The van der Waals surface area contributed by atoms with Gasteiger partial charge in [0.1, 0.15) is 17.8 Å². The van der Waals surface area contributed by atoms with E-state index in [0.29, 0.717) is 36.4 Å². The van der Waals surface area contributed by atoms with Gasteiger partial charge in [0.25, 0.3) is 5.91 Å². The van der Waals surface area contributed by atoms with Gasteiger partial charge in [0.15, 0.2) is 0 Å². The molecule has 8 heteroatoms. The van der Waals surface area contributed by atoms with E-state index in [0.717, 1.165) is 46.5 Å². The Balaban J connectivity index is 1.18. The van der Waals surface area contributed by atoms with Crippen LogP contribution in [0.1, 0.15) is 89.7 Å². The Bertz CT molecular complexity index is 1330. The number of hydrogen-bond donors (Lipinski definition) is 1. The van der Waals surface area contributed by atoms with Crippen molar-refractivity contribution in [1.82, 2.24) is 20.1 Å². The first-order valence-corrected chi connectivity index (χ1v) is 13.7. The summed E-state index contributed by atoms with van der Waals surface area (Å²) in [7, 11) is 1.95. The quantitative estimate of drug-likeness (QED) is 0.401. The van der Waals surface area contributed by atoms with E-state index in [9.17, 15) is 9.18 Å². The Labute approximate surface area is 222 Å². The number of aromatic nitrogens is 3. The zero-order valence-corrected chi connectivity index (χ0v) is 22.1. The maximum absolute atomic E-state index is 13.5. The van der Waals surface area contributed by atoms with Gasteiger partial charge in [-0.05, 0) is 80.5 Å². The van der Waals surface area contributed by atoms with Crippen LogP contribution in [-0.2, 0) is 20.0 Å². The van der Waals surface area contributed by atoms with Crippen molar-refractivity contribution in [2.75, 3.05) is 11.4 Å². The molecule has 2 heterocycles. The summed E-state index contributed by atoms with van der Waals surface area (Å²) < 4.78 is 15.3. The molecule has 37 heavy (non-hydrogen) atoms. The first-order valence-electron chi connectivity index (χ1n) is 13.4. The minimum atomic E-state index is -0.722. The summed E-state index contributed by atoms with van der Waals surface area (Å²) in [5.41, 5.74) is 4.51. The Morgan fingerprint density at radius 1 is 1.19 bits per heavy atom. The van der Waals surface area contributed by atoms with Crippen LogP contribution in [0.15, 0.2) is 36.4 Å². The zero-order valence-electron chi connectivity index (χ0n) is 21.4. The highest BCUT2D eigenvalue weighted by atomic mass is 35.5. The summed E-state index contributed by atoms with van der Waals surface area (Å²) >= 11 is 6.70. The predicted molar refractivity (Wildman–Crippen MR) is 143 cm³/mol. The molecule has 1 atom stereocenters. The number of rotatable bonds is 8. The van der Waals surface area contributed by atoms with E-state index in [-0.39, 0.29) is 17.9 Å². The number of benzene rings is 2. The van der Waals surface area contributed by atoms with Gasteiger partial charge in [-0.25, -0.2) is 4.39 Å². The topological polar surface area (TPSA) is 63.1 Å². The monoisotopic (exact) mass is 521 g/mol. The SMILES string of the molecule is C[C@@H](NCC1CCC1)c1cc(Cl)c2c(c1)C(=O)N(c1cccc(Cc3nnc(C4CC(F)C4)n3C)c1)C2. The third-order valence-corrected chi connectivity index (χ3v) is 8.81. The van der Waals surface area contributed by atoms with Crippen LogP contribution >= 0.6 is 11.6 Å². The summed E-state index contributed by atoms with van der Waals surface area (Å²) in [6, 6.07) is 12.2. The van der Waals surface area contributed by atoms with Gasteiger partial charge in [0, 0.05) is 47.3 Å². The first kappa shape index (κ1) is 24.6. The van der Waals surface area contributed by atoms with Crippen LogP contribution in [-0.4, -0.2) is 33.4 Å². The van der Waals surface area contributed by atoms with Crippen molar-refractivity contribution in [2.45, 2.75) is 70.1 Å². The van der Waals surface area contributed by atoms with Crippen LogP contribution < -0.4 is 10.2 Å². The lowest BCUT2D eigenvalue weighted by atomic mass is 9.83. The number of carbonyl (C=O) groups excluding carboxylic acids is 1. The van der Waals surface area contributed by atoms with Crippen molar-refractivity contribution in [1.29, 1.82) is 0 Å². The molecule has 1 aromatic heterocycles. The van der Waals surface area contributed by atoms with Crippen LogP contribution in [0.2, 0.25) is 5.02 Å². The maximum atomic E-state index is 13.5. The van der Waals surface area contributed by atoms with Crippen molar-refractivity contribution >= 4 is 23.2 Å². The molecule has 1 N–H and O–H groups in total. The molecule has 3 aliphatic rings. The van der Waals surface area contributed by atoms with Crippen molar-refractivity contribution in [3.05, 3.63) is 75.3 Å². The molecule has 1 amide bonds. The predicted octanol–water partition coefficient (Wildman–Crippen LogP) is 5.89. The Morgan fingerprint density at radius 3 is 2.73 bits per heavy atom. The highest BCUT2D eigenvalue weighted by Crippen LogP contribution is 2.38. The number of alkyl halides is 1. The van der Waals surface area contributed by atoms with Crippen molar-refractivity contribution in [2.24, 2.45) is 13.0 Å². The second-order valence-electron chi connectivity index (χ2n) is 11.0. The van der Waals surface area contributed by atoms with E-state index in [4.69, 9.17) is 11.6 Å². The third-order valence-electron chi connectivity index (χ3n) is 8.48. The van der Waals surface area contributed by atoms with Crippen molar-refractivity contribution < 1.29 is 9.18 Å². The number of halogens is 2. The van der Waals surface area contributed by atoms with Crippen molar-refractivity contribution in [3.8, 4) is 0 Å². The molecular formula is C29H33ClFN5O. The Morgan fingerprint density at radius 2 is 2.00 bits per heavy atom. The molecule has 0 unspecified atom stereocenters. The van der Waals surface area contributed by atoms with Gasteiger partial charge in [0.2, 0.25) is 0 Å². The fraction of sp³-hybridized carbons (Fsp3) is 0.483. The molecule has 2 aromatic carbocycles. The lowest BCUT2D eigenvalue weighted by Crippen LogP contribution is -2.29. The fourth-order valence-electron chi connectivity index (χ4n) is 5.66. The van der Waals surface area contributed by atoms with E-state index in [1.165, 1.54) is 19.3 Å². The molecule has 3 aromatic rings. The van der Waals surface area contributed by atoms with Crippen LogP contribution in [0.5, 0.6) is 0 Å². The normalized spacial score (nSPS) is 22.1. The van der Waals surface area contributed by atoms with E-state index < -0.39 is 6.17 Å². The zero-order chi connectivity index (χ0) is 25.7. The second-order valence-corrected chi connectivity index (χ2v) is 11.4. The number of amides is 1. The molecule has 0 radical (unpaired) electrons. The van der Waals surface area contributed by atoms with Crippen LogP contribution in [0.4, 0.5) is 10.1 Å². The molecule has 0 spiro atoms. The van der Waals surface area contributed by atoms with E-state index >= 15 is 0 Å². The van der Waals surface area contributed by atoms with Gasteiger partial charge in [0.05, 0.1) is 6.54 Å². The average Bonchev–Trinajstić information content (AvgIpc) is 3.36. The number of nitrogens with zero attached hydrogens (tertiary/aromatic N) is 4. The fourth-order valence-corrected chi connectivity index (χ4v) is 5.95. The van der Waals surface area contributed by atoms with Crippen molar-refractivity contribution in [3.63, 3.8) is 0 Å². The number of fused-ring (bicyclic) bond motifs is 1. The lowest BCUT2D eigenvalue weighted by molar-refractivity contribution is 0.0996. The smallest absolute Gasteiger partial charge is 0.258 e. The summed E-state index contributed by atoms with van der Waals surface area (Å²) in [4.78, 5) is 15.3. The third kappa shape index (κ3) is 4.68. The van der Waals surface area contributed by atoms with E-state index in [1.807, 2.05) is 48.0 Å². The van der Waals surface area contributed by atoms with Crippen LogP contribution in [0.25, 0.3) is 0 Å². The Hall–Kier alpha value is -2.77. The first-order chi connectivity index (χ1) is 17.9. The highest BCUT2D eigenvalue weighted by Gasteiger charge is 2.34. The average molecular weight is 522 g/mol. The number of hydrogen-bond acceptors (Lipinski definition) is 4. The summed E-state index contributed by atoms with van der Waals surface area (Å²) in [6.07, 6.45) is 4.85. The standard InChI is InChI=1S/C29H33ClFN5O/c1-17(32-15-18-5-3-6-18)20-13-24-25(26(30)14-20)16-36(29(24)37)23-8-4-7-19(9-23)10-27-33-34-28(35(27)2)21-11-22(31)12-21/h4,7-9,13-14,17-18,21-22,32H,3,5-6,10-12,15-16H2,1-2H3/t17-,21?,22?/m1/s1.